The van der Waals surface area contributed by atoms with Gasteiger partial charge >= 0.3 is 0 Å². The van der Waals surface area contributed by atoms with Crippen LogP contribution in [0.15, 0.2) is 48.4 Å². The fourth-order valence-electron chi connectivity index (χ4n) is 0.892. The second kappa shape index (κ2) is 8.30. The van der Waals surface area contributed by atoms with Crippen molar-refractivity contribution < 1.29 is 13.2 Å². The van der Waals surface area contributed by atoms with Gasteiger partial charge in [0.25, 0.3) is 0 Å². The molecule has 0 aliphatic heterocycles. The molecule has 0 saturated carbocycles. The second-order valence-electron chi connectivity index (χ2n) is 3.52. The largest absolute Gasteiger partial charge is 0.384 e. The molecule has 18 heavy (non-hydrogen) atoms. The Morgan fingerprint density at radius 3 is 2.50 bits per heavy atom. The van der Waals surface area contributed by atoms with Crippen LogP contribution in [-0.2, 0) is 14.8 Å². The lowest BCUT2D eigenvalue weighted by Gasteiger charge is -2.04. The molecular weight excluding hydrogens is 252 g/mol. The van der Waals surface area contributed by atoms with Gasteiger partial charge in [-0.05, 0) is 25.3 Å². The lowest BCUT2D eigenvalue weighted by molar-refractivity contribution is -0.107. The summed E-state index contributed by atoms with van der Waals surface area (Å²) in [6, 6.07) is 0. The maximum atomic E-state index is 11.1. The molecule has 0 saturated heterocycles. The van der Waals surface area contributed by atoms with Crippen molar-refractivity contribution >= 4 is 16.3 Å². The number of carbonyl (C=O) groups is 1. The van der Waals surface area contributed by atoms with Gasteiger partial charge in [0.15, 0.2) is 0 Å². The lowest BCUT2D eigenvalue weighted by atomic mass is 10.2. The van der Waals surface area contributed by atoms with Crippen LogP contribution in [-0.4, -0.2) is 27.5 Å². The number of carbonyl (C=O) groups excluding carboxylic acids is 1. The number of sulfonamides is 1. The van der Waals surface area contributed by atoms with Crippen LogP contribution in [0.4, 0.5) is 0 Å². The Morgan fingerprint density at radius 2 is 2.00 bits per heavy atom. The molecule has 0 aliphatic carbocycles. The Hall–Kier alpha value is -1.82. The van der Waals surface area contributed by atoms with Gasteiger partial charge in [0.1, 0.15) is 6.29 Å². The van der Waals surface area contributed by atoms with Crippen molar-refractivity contribution in [3.8, 4) is 0 Å². The third-order valence-electron chi connectivity index (χ3n) is 1.73. The first kappa shape index (κ1) is 16.2. The zero-order valence-corrected chi connectivity index (χ0v) is 11.3. The first-order valence-electron chi connectivity index (χ1n) is 5.21. The molecule has 0 heterocycles. The van der Waals surface area contributed by atoms with E-state index in [1.165, 1.54) is 12.3 Å². The molecule has 2 N–H and O–H groups in total. The van der Waals surface area contributed by atoms with E-state index in [0.717, 1.165) is 11.8 Å². The van der Waals surface area contributed by atoms with Crippen molar-refractivity contribution in [2.24, 2.45) is 0 Å². The number of nitrogens with one attached hydrogen (secondary N) is 2. The number of allylic oxidation sites excluding steroid dienone is 5. The van der Waals surface area contributed by atoms with Crippen molar-refractivity contribution in [2.45, 2.75) is 6.92 Å². The van der Waals surface area contributed by atoms with E-state index < -0.39 is 10.0 Å². The monoisotopic (exact) mass is 270 g/mol. The maximum absolute atomic E-state index is 11.1. The van der Waals surface area contributed by atoms with Gasteiger partial charge in [0, 0.05) is 5.70 Å². The normalized spacial score (nSPS) is 13.4. The van der Waals surface area contributed by atoms with E-state index in [-0.39, 0.29) is 6.54 Å². The van der Waals surface area contributed by atoms with Crippen molar-refractivity contribution in [2.75, 3.05) is 12.8 Å². The minimum atomic E-state index is -3.34. The lowest BCUT2D eigenvalue weighted by Crippen LogP contribution is -2.20. The van der Waals surface area contributed by atoms with E-state index in [1.807, 2.05) is 6.92 Å². The van der Waals surface area contributed by atoms with E-state index in [2.05, 4.69) is 16.6 Å². The smallest absolute Gasteiger partial charge is 0.229 e. The van der Waals surface area contributed by atoms with Crippen molar-refractivity contribution in [3.05, 3.63) is 48.4 Å². The molecule has 0 unspecified atom stereocenters. The zero-order chi connectivity index (χ0) is 14.0. The van der Waals surface area contributed by atoms with Crippen molar-refractivity contribution in [1.29, 1.82) is 0 Å². The van der Waals surface area contributed by atoms with Crippen LogP contribution < -0.4 is 10.0 Å². The highest BCUT2D eigenvalue weighted by molar-refractivity contribution is 7.88. The van der Waals surface area contributed by atoms with Crippen LogP contribution in [0.1, 0.15) is 6.92 Å². The second-order valence-corrected chi connectivity index (χ2v) is 5.27. The number of aldehydes is 1. The van der Waals surface area contributed by atoms with Crippen LogP contribution in [0.2, 0.25) is 0 Å². The topological polar surface area (TPSA) is 75.3 Å². The molecule has 0 aromatic heterocycles. The molecule has 0 radical (unpaired) electrons. The van der Waals surface area contributed by atoms with Gasteiger partial charge in [-0.1, -0.05) is 24.3 Å². The van der Waals surface area contributed by atoms with Gasteiger partial charge in [0.05, 0.1) is 12.8 Å². The molecule has 6 heteroatoms. The summed E-state index contributed by atoms with van der Waals surface area (Å²) in [7, 11) is -3.34. The molecule has 5 nitrogen and oxygen atoms in total. The number of hydrogen-bond donors (Lipinski definition) is 2. The standard InChI is InChI=1S/C12H18N2O3S/c1-4-11(2)5-6-12(14-18(3,16)17)7-8-13-9-10-15/h4-8,10,13-14H,1,9H2,2-3H3/b8-7+,11-5+,12-6+. The van der Waals surface area contributed by atoms with Crippen LogP contribution >= 0.6 is 0 Å². The van der Waals surface area contributed by atoms with Gasteiger partial charge in [0.2, 0.25) is 10.0 Å². The van der Waals surface area contributed by atoms with Crippen LogP contribution in [0.5, 0.6) is 0 Å². The maximum Gasteiger partial charge on any atom is 0.229 e. The zero-order valence-electron chi connectivity index (χ0n) is 10.5. The van der Waals surface area contributed by atoms with E-state index in [1.54, 1.807) is 18.2 Å². The van der Waals surface area contributed by atoms with Gasteiger partial charge in [-0.15, -0.1) is 0 Å². The van der Waals surface area contributed by atoms with Gasteiger partial charge in [-0.25, -0.2) is 8.42 Å². The average Bonchev–Trinajstić information content (AvgIpc) is 2.29. The molecule has 0 atom stereocenters. The molecule has 0 aromatic carbocycles. The fraction of sp³-hybridized carbons (Fsp3) is 0.250. The van der Waals surface area contributed by atoms with Gasteiger partial charge < -0.3 is 10.1 Å². The first-order chi connectivity index (χ1) is 8.39. The molecule has 0 bridgehead atoms. The Kier molecular flexibility index (Phi) is 7.46. The molecular formula is C12H18N2O3S. The van der Waals surface area contributed by atoms with Crippen molar-refractivity contribution in [3.63, 3.8) is 0 Å². The van der Waals surface area contributed by atoms with E-state index >= 15 is 0 Å². The summed E-state index contributed by atoms with van der Waals surface area (Å²) in [5.41, 5.74) is 1.29. The fourth-order valence-corrected chi connectivity index (χ4v) is 1.46. The molecule has 0 fully saturated rings. The third kappa shape index (κ3) is 9.41. The summed E-state index contributed by atoms with van der Waals surface area (Å²) in [6.07, 6.45) is 9.79. The van der Waals surface area contributed by atoms with E-state index in [4.69, 9.17) is 0 Å². The van der Waals surface area contributed by atoms with Crippen LogP contribution in [0.25, 0.3) is 0 Å². The Balaban J connectivity index is 4.88. The highest BCUT2D eigenvalue weighted by Gasteiger charge is 2.00. The minimum absolute atomic E-state index is 0.171. The summed E-state index contributed by atoms with van der Waals surface area (Å²) < 4.78 is 24.6. The van der Waals surface area contributed by atoms with E-state index in [0.29, 0.717) is 12.0 Å². The quantitative estimate of drug-likeness (QED) is 0.389. The summed E-state index contributed by atoms with van der Waals surface area (Å²) in [6.45, 7) is 5.61. The molecule has 0 rings (SSSR count). The number of hydrogen-bond acceptors (Lipinski definition) is 4. The first-order valence-corrected chi connectivity index (χ1v) is 7.10. The molecule has 0 amide bonds. The summed E-state index contributed by atoms with van der Waals surface area (Å²) in [5, 5.41) is 2.69. The summed E-state index contributed by atoms with van der Waals surface area (Å²) in [5.74, 6) is 0. The minimum Gasteiger partial charge on any atom is -0.384 e. The molecule has 0 aliphatic rings. The van der Waals surface area contributed by atoms with Gasteiger partial charge in [-0.3, -0.25) is 4.72 Å². The predicted octanol–water partition coefficient (Wildman–Crippen LogP) is 0.854. The Bertz CT molecular complexity index is 474. The third-order valence-corrected chi connectivity index (χ3v) is 2.34. The average molecular weight is 270 g/mol. The highest BCUT2D eigenvalue weighted by atomic mass is 32.2. The van der Waals surface area contributed by atoms with E-state index in [9.17, 15) is 13.2 Å². The molecule has 100 valence electrons. The molecule has 0 spiro atoms. The van der Waals surface area contributed by atoms with Crippen LogP contribution in [0.3, 0.4) is 0 Å². The molecule has 0 aromatic rings. The van der Waals surface area contributed by atoms with Crippen LogP contribution in [0, 0.1) is 0 Å². The summed E-state index contributed by atoms with van der Waals surface area (Å²) in [4.78, 5) is 10.1. The summed E-state index contributed by atoms with van der Waals surface area (Å²) >= 11 is 0. The number of rotatable bonds is 8. The van der Waals surface area contributed by atoms with Crippen molar-refractivity contribution in [1.82, 2.24) is 10.0 Å². The van der Waals surface area contributed by atoms with Gasteiger partial charge in [-0.2, -0.15) is 0 Å². The SMILES string of the molecule is C=C/C(C)=C/C=C(\C=C\NCC=O)NS(C)(=O)=O. The Morgan fingerprint density at radius 1 is 1.33 bits per heavy atom. The Labute approximate surface area is 108 Å². The highest BCUT2D eigenvalue weighted by Crippen LogP contribution is 1.99. The predicted molar refractivity (Wildman–Crippen MR) is 73.2 cm³/mol.